The molecule has 6 aliphatic carbocycles. The van der Waals surface area contributed by atoms with Gasteiger partial charge < -0.3 is 13.7 Å². The number of thiophene rings is 3. The summed E-state index contributed by atoms with van der Waals surface area (Å²) in [5.74, 6) is 0. The molecule has 0 atom stereocenters. The second kappa shape index (κ2) is 26.5. The maximum Gasteiger partial charge on any atom is 0.0544 e. The second-order valence-corrected chi connectivity index (χ2v) is 43.0. The van der Waals surface area contributed by atoms with Gasteiger partial charge in [-0.25, -0.2) is 0 Å². The van der Waals surface area contributed by atoms with Gasteiger partial charge in [-0.2, -0.15) is 0 Å². The molecule has 21 aromatic carbocycles. The zero-order valence-electron chi connectivity index (χ0n) is 74.9. The molecule has 0 unspecified atom stereocenters. The van der Waals surface area contributed by atoms with Crippen molar-refractivity contribution in [1.82, 2.24) is 13.7 Å². The van der Waals surface area contributed by atoms with Gasteiger partial charge in [0.2, 0.25) is 0 Å². The average molecular weight is 1770 g/mol. The Morgan fingerprint density at radius 3 is 0.881 bits per heavy atom. The van der Waals surface area contributed by atoms with Crippen molar-refractivity contribution in [2.24, 2.45) is 0 Å². The third kappa shape index (κ3) is 9.68. The lowest BCUT2D eigenvalue weighted by Crippen LogP contribution is -2.15. The van der Waals surface area contributed by atoms with Crippen molar-refractivity contribution in [3.8, 4) is 117 Å². The van der Waals surface area contributed by atoms with E-state index < -0.39 is 0 Å². The van der Waals surface area contributed by atoms with Crippen LogP contribution in [0.15, 0.2) is 382 Å². The minimum absolute atomic E-state index is 0.0549. The van der Waals surface area contributed by atoms with Gasteiger partial charge in [-0.15, -0.1) is 34.0 Å². The number of hydrogen-bond donors (Lipinski definition) is 0. The molecule has 6 aromatic heterocycles. The van der Waals surface area contributed by atoms with Crippen LogP contribution in [0.5, 0.6) is 0 Å². The fourth-order valence-electron chi connectivity index (χ4n) is 26.2. The highest BCUT2D eigenvalue weighted by Gasteiger charge is 2.42. The first kappa shape index (κ1) is 75.0. The Morgan fingerprint density at radius 2 is 0.459 bits per heavy atom. The summed E-state index contributed by atoms with van der Waals surface area (Å²) in [5, 5.41) is 24.1. The SMILES string of the molecule is CC1(C)c2ccccc2-c2cc3c4ccccc4n(-c4ccc5c6c(cccc46)-c4c-5ccc5c4sc4ccccc45)c3cc21.CC1(C)c2ccccc2-c2cc3c4ccccc4n(-c4ccc5c6c(cccc46)-c4c-5ccc5sc6ccccc6c45)c3cc21.CC1(C)c2ccccc2-c2cc3c4ccccc4n(-c4ccc5c6c(cccc46)-c4ccc6c(sc7ccccc76)c4-5)c3cc21. The van der Waals surface area contributed by atoms with Gasteiger partial charge in [0.15, 0.2) is 0 Å². The number of fused-ring (bicyclic) bond motifs is 39. The largest absolute Gasteiger partial charge is 0.309 e. The predicted molar refractivity (Wildman–Crippen MR) is 580 cm³/mol. The summed E-state index contributed by atoms with van der Waals surface area (Å²) in [6, 6.07) is 144. The van der Waals surface area contributed by atoms with E-state index in [9.17, 15) is 0 Å². The molecular weight excluding hydrogens is 1690 g/mol. The number of benzene rings is 21. The molecule has 6 aliphatic rings. The molecule has 27 aromatic rings. The van der Waals surface area contributed by atoms with E-state index in [1.807, 2.05) is 34.0 Å². The number of hydrogen-bond acceptors (Lipinski definition) is 3. The molecule has 0 radical (unpaired) electrons. The molecule has 3 nitrogen and oxygen atoms in total. The normalized spacial score (nSPS) is 14.2. The molecule has 0 bridgehead atoms. The van der Waals surface area contributed by atoms with Gasteiger partial charge in [0.1, 0.15) is 0 Å². The predicted octanol–water partition coefficient (Wildman–Crippen LogP) is 36.8. The molecule has 0 fully saturated rings. The Bertz CT molecular complexity index is 9850. The standard InChI is InChI=1S/3C43H27NS/c1-43(2)33-15-6-3-10-24(33)31-22-32-25-11-4-7-16-35(25)44(37(32)23-34(31)43)36-20-18-26-27-19-21-39-42(29-12-5-8-17-38(29)45-39)41(27)30-14-9-13-28(36)40(26)30;1-43(2)34-15-6-3-10-24(34)32-22-33-25-11-4-7-16-36(25)44(38(33)23-35(32)43)37-21-20-27-28-18-19-29-26-12-5-8-17-39(26)45-42(29)41(28)31-14-9-13-30(37)40(27)31;1-43(2)34-15-6-3-10-24(34)32-22-33-25-11-4-7-16-36(25)44(38(33)23-35(32)43)37-21-20-31-40-27(13-9-14-30(37)40)28-18-19-29-26-12-5-8-17-39(26)45-42(29)41(28)31/h3*3-23H,1-2H3. The Hall–Kier alpha value is -15.5. The molecule has 135 heavy (non-hydrogen) atoms. The van der Waals surface area contributed by atoms with Gasteiger partial charge in [-0.05, 0) is 236 Å². The van der Waals surface area contributed by atoms with E-state index in [2.05, 4.69) is 437 Å². The first-order valence-electron chi connectivity index (χ1n) is 47.3. The van der Waals surface area contributed by atoms with Crippen molar-refractivity contribution in [3.05, 3.63) is 416 Å². The third-order valence-corrected chi connectivity index (χ3v) is 35.8. The van der Waals surface area contributed by atoms with E-state index in [1.165, 1.54) is 309 Å². The van der Waals surface area contributed by atoms with E-state index in [0.29, 0.717) is 0 Å². The monoisotopic (exact) mass is 1770 g/mol. The lowest BCUT2D eigenvalue weighted by molar-refractivity contribution is 0.661. The molecule has 6 heteroatoms. The third-order valence-electron chi connectivity index (χ3n) is 32.2. The highest BCUT2D eigenvalue weighted by molar-refractivity contribution is 7.27. The Balaban J connectivity index is 0.0000000945. The topological polar surface area (TPSA) is 14.8 Å². The highest BCUT2D eigenvalue weighted by atomic mass is 32.1. The Morgan fingerprint density at radius 1 is 0.163 bits per heavy atom. The second-order valence-electron chi connectivity index (χ2n) is 39.8. The Kier molecular flexibility index (Phi) is 14.7. The van der Waals surface area contributed by atoms with Crippen LogP contribution in [0.25, 0.3) is 275 Å². The van der Waals surface area contributed by atoms with Crippen molar-refractivity contribution in [1.29, 1.82) is 0 Å². The first-order valence-corrected chi connectivity index (χ1v) is 49.8. The van der Waals surface area contributed by atoms with Crippen molar-refractivity contribution in [2.75, 3.05) is 0 Å². The smallest absolute Gasteiger partial charge is 0.0544 e. The fraction of sp³-hybridized carbons (Fsp3) is 0.0698. The highest BCUT2D eigenvalue weighted by Crippen LogP contribution is 2.62. The minimum Gasteiger partial charge on any atom is -0.309 e. The molecule has 0 N–H and O–H groups in total. The van der Waals surface area contributed by atoms with Crippen LogP contribution in [0.2, 0.25) is 0 Å². The van der Waals surface area contributed by atoms with Crippen LogP contribution in [0.3, 0.4) is 0 Å². The molecule has 0 amide bonds. The molecule has 0 saturated heterocycles. The quantitative estimate of drug-likeness (QED) is 0.167. The summed E-state index contributed by atoms with van der Waals surface area (Å²) < 4.78 is 15.8. The molecule has 0 aliphatic heterocycles. The number of para-hydroxylation sites is 3. The van der Waals surface area contributed by atoms with Crippen molar-refractivity contribution in [3.63, 3.8) is 0 Å². The van der Waals surface area contributed by atoms with E-state index >= 15 is 0 Å². The molecule has 0 spiro atoms. The summed E-state index contributed by atoms with van der Waals surface area (Å²) in [6.45, 7) is 14.3. The molecular formula is C129H81N3S3. The van der Waals surface area contributed by atoms with E-state index in [-0.39, 0.29) is 16.2 Å². The maximum absolute atomic E-state index is 2.53. The lowest BCUT2D eigenvalue weighted by atomic mass is 9.82. The van der Waals surface area contributed by atoms with Crippen LogP contribution in [0.4, 0.5) is 0 Å². The summed E-state index contributed by atoms with van der Waals surface area (Å²) in [5.41, 5.74) is 44.2. The minimum atomic E-state index is -0.0558. The van der Waals surface area contributed by atoms with Crippen LogP contribution in [0, 0.1) is 0 Å². The number of nitrogens with zero attached hydrogens (tertiary/aromatic N) is 3. The summed E-state index contributed by atoms with van der Waals surface area (Å²) >= 11 is 5.76. The summed E-state index contributed by atoms with van der Waals surface area (Å²) in [4.78, 5) is 0. The Labute approximate surface area is 790 Å². The van der Waals surface area contributed by atoms with Gasteiger partial charge in [0.25, 0.3) is 0 Å². The van der Waals surface area contributed by atoms with E-state index in [4.69, 9.17) is 0 Å². The van der Waals surface area contributed by atoms with Crippen LogP contribution < -0.4 is 0 Å². The van der Waals surface area contributed by atoms with Gasteiger partial charge in [0.05, 0.1) is 50.2 Å². The fourth-order valence-corrected chi connectivity index (χ4v) is 29.9. The van der Waals surface area contributed by atoms with Crippen LogP contribution in [0.1, 0.15) is 74.9 Å². The maximum atomic E-state index is 2.53. The first-order chi connectivity index (χ1) is 66.3. The zero-order chi connectivity index (χ0) is 88.8. The van der Waals surface area contributed by atoms with Gasteiger partial charge in [0, 0.05) is 136 Å². The van der Waals surface area contributed by atoms with Crippen LogP contribution >= 0.6 is 34.0 Å². The lowest BCUT2D eigenvalue weighted by Gasteiger charge is -2.22. The van der Waals surface area contributed by atoms with Crippen molar-refractivity contribution < 1.29 is 0 Å². The van der Waals surface area contributed by atoms with Crippen molar-refractivity contribution in [2.45, 2.75) is 57.8 Å². The molecule has 33 rings (SSSR count). The zero-order valence-corrected chi connectivity index (χ0v) is 77.4. The summed E-state index contributed by atoms with van der Waals surface area (Å²) in [6.07, 6.45) is 0. The van der Waals surface area contributed by atoms with E-state index in [1.54, 1.807) is 0 Å². The molecule has 6 heterocycles. The van der Waals surface area contributed by atoms with Gasteiger partial charge in [-0.3, -0.25) is 0 Å². The number of aromatic nitrogens is 3. The molecule has 630 valence electrons. The molecule has 0 saturated carbocycles. The van der Waals surface area contributed by atoms with Gasteiger partial charge >= 0.3 is 0 Å². The van der Waals surface area contributed by atoms with Crippen LogP contribution in [-0.2, 0) is 16.2 Å². The van der Waals surface area contributed by atoms with Gasteiger partial charge in [-0.1, -0.05) is 327 Å². The number of rotatable bonds is 3. The average Bonchev–Trinajstić information content (AvgIpc) is 1.54. The van der Waals surface area contributed by atoms with Crippen molar-refractivity contribution >= 4 is 192 Å². The van der Waals surface area contributed by atoms with Crippen LogP contribution in [-0.4, -0.2) is 13.7 Å². The summed E-state index contributed by atoms with van der Waals surface area (Å²) in [7, 11) is 0. The van der Waals surface area contributed by atoms with E-state index in [0.717, 1.165) is 0 Å².